The molecule has 0 aliphatic carbocycles. The largest absolute Gasteiger partial charge is 0.321 e. The van der Waals surface area contributed by atoms with Gasteiger partial charge in [0, 0.05) is 4.88 Å². The summed E-state index contributed by atoms with van der Waals surface area (Å²) in [5, 5.41) is 8.87. The van der Waals surface area contributed by atoms with Gasteiger partial charge in [-0.15, -0.1) is 22.9 Å². The van der Waals surface area contributed by atoms with Crippen LogP contribution in [0.1, 0.15) is 28.6 Å². The molecule has 2 aromatic heterocycles. The number of rotatable bonds is 3. The van der Waals surface area contributed by atoms with E-state index in [-0.39, 0.29) is 5.38 Å². The van der Waals surface area contributed by atoms with Crippen molar-refractivity contribution >= 4 is 45.6 Å². The van der Waals surface area contributed by atoms with Gasteiger partial charge in [0.15, 0.2) is 0 Å². The number of halogens is 2. The fraction of sp³-hybridized carbons (Fsp3) is 0.200. The molecule has 3 nitrogen and oxygen atoms in total. The van der Waals surface area contributed by atoms with Crippen molar-refractivity contribution in [3.05, 3.63) is 50.9 Å². The fourth-order valence-electron chi connectivity index (χ4n) is 2.27. The Morgan fingerprint density at radius 1 is 1.38 bits per heavy atom. The lowest BCUT2D eigenvalue weighted by atomic mass is 10.2. The Labute approximate surface area is 136 Å². The van der Waals surface area contributed by atoms with E-state index in [1.54, 1.807) is 6.07 Å². The molecule has 0 bridgehead atoms. The van der Waals surface area contributed by atoms with E-state index >= 15 is 0 Å². The van der Waals surface area contributed by atoms with Crippen LogP contribution >= 0.6 is 34.5 Å². The zero-order chi connectivity index (χ0) is 15.0. The van der Waals surface area contributed by atoms with Crippen molar-refractivity contribution in [3.8, 4) is 6.07 Å². The second-order valence-electron chi connectivity index (χ2n) is 4.69. The number of aromatic nitrogens is 2. The third-order valence-electron chi connectivity index (χ3n) is 3.21. The zero-order valence-electron chi connectivity index (χ0n) is 11.2. The minimum Gasteiger partial charge on any atom is -0.321 e. The third-order valence-corrected chi connectivity index (χ3v) is 4.62. The molecule has 106 valence electrons. The van der Waals surface area contributed by atoms with E-state index in [0.29, 0.717) is 12.1 Å². The van der Waals surface area contributed by atoms with Gasteiger partial charge in [-0.3, -0.25) is 0 Å². The van der Waals surface area contributed by atoms with E-state index in [1.165, 1.54) is 11.3 Å². The Balaban J connectivity index is 2.17. The lowest BCUT2D eigenvalue weighted by Gasteiger charge is -2.09. The van der Waals surface area contributed by atoms with Crippen molar-refractivity contribution in [2.45, 2.75) is 18.8 Å². The molecule has 1 aromatic carbocycles. The third kappa shape index (κ3) is 2.77. The van der Waals surface area contributed by atoms with Crippen LogP contribution < -0.4 is 0 Å². The number of nitriles is 1. The van der Waals surface area contributed by atoms with Crippen LogP contribution in [0.5, 0.6) is 0 Å². The number of fused-ring (bicyclic) bond motifs is 1. The lowest BCUT2D eigenvalue weighted by Crippen LogP contribution is -2.04. The average molecular weight is 336 g/mol. The first-order chi connectivity index (χ1) is 10.1. The number of thiophene rings is 1. The highest BCUT2D eigenvalue weighted by Gasteiger charge is 2.16. The number of hydrogen-bond acceptors (Lipinski definition) is 3. The van der Waals surface area contributed by atoms with Gasteiger partial charge in [0.05, 0.1) is 38.9 Å². The van der Waals surface area contributed by atoms with Gasteiger partial charge in [-0.2, -0.15) is 5.26 Å². The standard InChI is InChI=1S/C15H11Cl2N3S/c1-9(16)15-19-12-4-2-10(7-18)6-13(12)20(15)8-11-3-5-14(17)21-11/h2-6,9H,8H2,1H3. The first-order valence-corrected chi connectivity index (χ1v) is 8.00. The summed E-state index contributed by atoms with van der Waals surface area (Å²) >= 11 is 13.8. The SMILES string of the molecule is CC(Cl)c1nc2ccc(C#N)cc2n1Cc1ccc(Cl)s1. The van der Waals surface area contributed by atoms with Gasteiger partial charge in [0.25, 0.3) is 0 Å². The van der Waals surface area contributed by atoms with Gasteiger partial charge in [-0.1, -0.05) is 11.6 Å². The molecule has 1 atom stereocenters. The molecule has 0 amide bonds. The quantitative estimate of drug-likeness (QED) is 0.634. The van der Waals surface area contributed by atoms with Crippen molar-refractivity contribution in [3.63, 3.8) is 0 Å². The minimum absolute atomic E-state index is 0.210. The van der Waals surface area contributed by atoms with Gasteiger partial charge < -0.3 is 4.57 Å². The van der Waals surface area contributed by atoms with Crippen LogP contribution in [0.15, 0.2) is 30.3 Å². The highest BCUT2D eigenvalue weighted by molar-refractivity contribution is 7.16. The number of nitrogens with zero attached hydrogens (tertiary/aromatic N) is 3. The summed E-state index contributed by atoms with van der Waals surface area (Å²) in [5.74, 6) is 0.797. The Hall–Kier alpha value is -1.54. The van der Waals surface area contributed by atoms with Crippen LogP contribution in [0.4, 0.5) is 0 Å². The highest BCUT2D eigenvalue weighted by atomic mass is 35.5. The van der Waals surface area contributed by atoms with Crippen LogP contribution in [0.3, 0.4) is 0 Å². The van der Waals surface area contributed by atoms with Gasteiger partial charge in [0.2, 0.25) is 0 Å². The van der Waals surface area contributed by atoms with E-state index in [0.717, 1.165) is 26.1 Å². The molecule has 0 aliphatic rings. The van der Waals surface area contributed by atoms with E-state index in [1.807, 2.05) is 31.2 Å². The summed E-state index contributed by atoms with van der Waals surface area (Å²) in [4.78, 5) is 5.71. The van der Waals surface area contributed by atoms with E-state index < -0.39 is 0 Å². The molecule has 0 saturated heterocycles. The van der Waals surface area contributed by atoms with E-state index in [4.69, 9.17) is 28.5 Å². The van der Waals surface area contributed by atoms with Crippen molar-refractivity contribution in [2.75, 3.05) is 0 Å². The van der Waals surface area contributed by atoms with Gasteiger partial charge in [-0.25, -0.2) is 4.98 Å². The molecular formula is C15H11Cl2N3S. The minimum atomic E-state index is -0.210. The summed E-state index contributed by atoms with van der Waals surface area (Å²) in [5.41, 5.74) is 2.38. The van der Waals surface area contributed by atoms with Gasteiger partial charge >= 0.3 is 0 Å². The van der Waals surface area contributed by atoms with Crippen LogP contribution in [-0.2, 0) is 6.54 Å². The Morgan fingerprint density at radius 2 is 2.19 bits per heavy atom. The smallest absolute Gasteiger partial charge is 0.128 e. The van der Waals surface area contributed by atoms with Crippen LogP contribution in [0.2, 0.25) is 4.34 Å². The summed E-state index contributed by atoms with van der Waals surface area (Å²) in [6, 6.07) is 11.5. The average Bonchev–Trinajstić information content (AvgIpc) is 3.03. The molecule has 0 N–H and O–H groups in total. The highest BCUT2D eigenvalue weighted by Crippen LogP contribution is 2.29. The Morgan fingerprint density at radius 3 is 2.81 bits per heavy atom. The molecular weight excluding hydrogens is 325 g/mol. The monoisotopic (exact) mass is 335 g/mol. The number of imidazole rings is 1. The predicted molar refractivity (Wildman–Crippen MR) is 87.1 cm³/mol. The maximum atomic E-state index is 9.08. The predicted octanol–water partition coefficient (Wildman–Crippen LogP) is 4.97. The molecule has 0 aliphatic heterocycles. The summed E-state index contributed by atoms with van der Waals surface area (Å²) in [6.45, 7) is 2.54. The van der Waals surface area contributed by atoms with Crippen molar-refractivity contribution in [2.24, 2.45) is 0 Å². The molecule has 21 heavy (non-hydrogen) atoms. The maximum absolute atomic E-state index is 9.08. The van der Waals surface area contributed by atoms with Crippen LogP contribution in [0, 0.1) is 11.3 Å². The van der Waals surface area contributed by atoms with Gasteiger partial charge in [0.1, 0.15) is 5.82 Å². The number of benzene rings is 1. The second-order valence-corrected chi connectivity index (χ2v) is 7.15. The molecule has 1 unspecified atom stereocenters. The fourth-order valence-corrected chi connectivity index (χ4v) is 3.52. The van der Waals surface area contributed by atoms with Crippen LogP contribution in [-0.4, -0.2) is 9.55 Å². The summed E-state index contributed by atoms with van der Waals surface area (Å²) in [6.07, 6.45) is 0. The lowest BCUT2D eigenvalue weighted by molar-refractivity contribution is 0.750. The maximum Gasteiger partial charge on any atom is 0.128 e. The molecule has 0 saturated carbocycles. The molecule has 2 heterocycles. The first kappa shape index (κ1) is 14.4. The van der Waals surface area contributed by atoms with Crippen LogP contribution in [0.25, 0.3) is 11.0 Å². The molecule has 3 rings (SSSR count). The second kappa shape index (κ2) is 5.69. The number of alkyl halides is 1. The van der Waals surface area contributed by atoms with Crippen molar-refractivity contribution in [1.82, 2.24) is 9.55 Å². The first-order valence-electron chi connectivity index (χ1n) is 6.37. The zero-order valence-corrected chi connectivity index (χ0v) is 13.5. The van der Waals surface area contributed by atoms with Crippen molar-refractivity contribution in [1.29, 1.82) is 5.26 Å². The Kier molecular flexibility index (Phi) is 3.90. The normalized spacial score (nSPS) is 12.5. The molecule has 3 aromatic rings. The molecule has 0 spiro atoms. The Bertz CT molecular complexity index is 842. The topological polar surface area (TPSA) is 41.6 Å². The molecule has 0 radical (unpaired) electrons. The van der Waals surface area contributed by atoms with E-state index in [2.05, 4.69) is 15.6 Å². The summed E-state index contributed by atoms with van der Waals surface area (Å²) in [7, 11) is 0. The number of hydrogen-bond donors (Lipinski definition) is 0. The van der Waals surface area contributed by atoms with Gasteiger partial charge in [-0.05, 0) is 37.3 Å². The summed E-state index contributed by atoms with van der Waals surface area (Å²) < 4.78 is 2.81. The van der Waals surface area contributed by atoms with E-state index in [9.17, 15) is 0 Å². The van der Waals surface area contributed by atoms with Crippen molar-refractivity contribution < 1.29 is 0 Å². The molecule has 0 fully saturated rings. The molecule has 6 heteroatoms.